The highest BCUT2D eigenvalue weighted by atomic mass is 19.3. The van der Waals surface area contributed by atoms with Crippen molar-refractivity contribution in [1.82, 2.24) is 24.7 Å². The van der Waals surface area contributed by atoms with Crippen LogP contribution in [0.3, 0.4) is 0 Å². The van der Waals surface area contributed by atoms with Gasteiger partial charge in [0.05, 0.1) is 5.69 Å². The second kappa shape index (κ2) is 7.46. The Hall–Kier alpha value is -3.10. The minimum atomic E-state index is -2.57. The Labute approximate surface area is 192 Å². The van der Waals surface area contributed by atoms with Crippen LogP contribution in [0.5, 0.6) is 0 Å². The molecule has 1 saturated carbocycles. The fourth-order valence-electron chi connectivity index (χ4n) is 5.05. The van der Waals surface area contributed by atoms with Gasteiger partial charge in [0.15, 0.2) is 0 Å². The fraction of sp³-hybridized carbons (Fsp3) is 0.500. The molecule has 0 atom stereocenters. The second-order valence-corrected chi connectivity index (χ2v) is 9.90. The summed E-state index contributed by atoms with van der Waals surface area (Å²) < 4.78 is 29.0. The normalized spacial score (nSPS) is 18.8. The number of aromatic nitrogens is 5. The molecule has 1 aliphatic heterocycles. The molecule has 2 aliphatic rings. The van der Waals surface area contributed by atoms with E-state index in [4.69, 9.17) is 9.97 Å². The van der Waals surface area contributed by atoms with Crippen LogP contribution >= 0.6 is 0 Å². The first kappa shape index (κ1) is 21.7. The predicted octanol–water partition coefficient (Wildman–Crippen LogP) is 4.20. The van der Waals surface area contributed by atoms with E-state index in [1.165, 1.54) is 0 Å². The zero-order chi connectivity index (χ0) is 23.5. The van der Waals surface area contributed by atoms with E-state index in [0.717, 1.165) is 39.8 Å². The van der Waals surface area contributed by atoms with Gasteiger partial charge in [-0.15, -0.1) is 0 Å². The number of fused-ring (bicyclic) bond motifs is 1. The Kier molecular flexibility index (Phi) is 4.91. The first-order chi connectivity index (χ1) is 15.6. The van der Waals surface area contributed by atoms with Crippen LogP contribution in [-0.2, 0) is 11.8 Å². The van der Waals surface area contributed by atoms with Crippen molar-refractivity contribution in [2.45, 2.75) is 64.3 Å². The summed E-state index contributed by atoms with van der Waals surface area (Å²) in [6, 6.07) is 6.00. The molecule has 7 nitrogen and oxygen atoms in total. The molecule has 33 heavy (non-hydrogen) atoms. The highest BCUT2D eigenvalue weighted by Crippen LogP contribution is 2.49. The summed E-state index contributed by atoms with van der Waals surface area (Å²) >= 11 is 0. The van der Waals surface area contributed by atoms with Crippen molar-refractivity contribution in [1.29, 1.82) is 0 Å². The van der Waals surface area contributed by atoms with Crippen LogP contribution in [0.25, 0.3) is 5.69 Å². The van der Waals surface area contributed by atoms with Gasteiger partial charge in [-0.1, -0.05) is 26.0 Å². The lowest BCUT2D eigenvalue weighted by Gasteiger charge is -2.42. The van der Waals surface area contributed by atoms with E-state index in [1.807, 2.05) is 33.0 Å². The van der Waals surface area contributed by atoms with Gasteiger partial charge in [0.1, 0.15) is 29.6 Å². The molecule has 174 valence electrons. The fourth-order valence-corrected chi connectivity index (χ4v) is 5.05. The number of hydrogen-bond acceptors (Lipinski definition) is 6. The lowest BCUT2D eigenvalue weighted by Crippen LogP contribution is -2.51. The maximum atomic E-state index is 13.6. The summed E-state index contributed by atoms with van der Waals surface area (Å²) in [5.41, 5.74) is 3.92. The number of hydrogen-bond donors (Lipinski definition) is 1. The Balaban J connectivity index is 1.47. The molecule has 0 unspecified atom stereocenters. The van der Waals surface area contributed by atoms with E-state index < -0.39 is 5.92 Å². The minimum absolute atomic E-state index is 0.112. The summed E-state index contributed by atoms with van der Waals surface area (Å²) in [6.07, 6.45) is 2.04. The topological polar surface area (TPSA) is 71.8 Å². The molecule has 3 aromatic rings. The van der Waals surface area contributed by atoms with Gasteiger partial charge in [0, 0.05) is 49.9 Å². The quantitative estimate of drug-likeness (QED) is 0.624. The number of halogens is 2. The third-order valence-corrected chi connectivity index (χ3v) is 6.67. The Morgan fingerprint density at radius 1 is 1.15 bits per heavy atom. The largest absolute Gasteiger partial charge is 0.373 e. The highest BCUT2D eigenvalue weighted by molar-refractivity contribution is 5.68. The van der Waals surface area contributed by atoms with Crippen molar-refractivity contribution in [2.24, 2.45) is 0 Å². The van der Waals surface area contributed by atoms with E-state index in [9.17, 15) is 8.78 Å². The zero-order valence-electron chi connectivity index (χ0n) is 19.7. The van der Waals surface area contributed by atoms with E-state index in [1.54, 1.807) is 11.0 Å². The molecule has 1 aliphatic carbocycles. The maximum Gasteiger partial charge on any atom is 0.252 e. The Bertz CT molecular complexity index is 1210. The Morgan fingerprint density at radius 3 is 2.52 bits per heavy atom. The molecule has 0 spiro atoms. The number of aryl methyl sites for hydroxylation is 2. The predicted molar refractivity (Wildman–Crippen MR) is 124 cm³/mol. The lowest BCUT2D eigenvalue weighted by atomic mass is 9.85. The molecule has 0 bridgehead atoms. The number of rotatable bonds is 5. The van der Waals surface area contributed by atoms with E-state index in [0.29, 0.717) is 18.8 Å². The number of benzene rings is 1. The summed E-state index contributed by atoms with van der Waals surface area (Å²) in [5, 5.41) is 7.61. The van der Waals surface area contributed by atoms with Gasteiger partial charge in [-0.05, 0) is 31.0 Å². The molecule has 1 N–H and O–H groups in total. The van der Waals surface area contributed by atoms with Crippen molar-refractivity contribution in [3.05, 3.63) is 52.9 Å². The minimum Gasteiger partial charge on any atom is -0.373 e. The zero-order valence-corrected chi connectivity index (χ0v) is 19.7. The van der Waals surface area contributed by atoms with Gasteiger partial charge in [-0.2, -0.15) is 5.10 Å². The highest BCUT2D eigenvalue weighted by Gasteiger charge is 2.52. The van der Waals surface area contributed by atoms with Crippen LogP contribution in [0.4, 0.5) is 20.4 Å². The number of nitrogens with zero attached hydrogens (tertiary/aromatic N) is 6. The number of nitrogens with one attached hydrogen (secondary N) is 1. The van der Waals surface area contributed by atoms with Crippen molar-refractivity contribution < 1.29 is 8.78 Å². The Morgan fingerprint density at radius 2 is 1.91 bits per heavy atom. The van der Waals surface area contributed by atoms with Crippen LogP contribution in [0.15, 0.2) is 24.5 Å². The molecular formula is C24H29F2N7. The second-order valence-electron chi connectivity index (χ2n) is 9.90. The molecule has 0 radical (unpaired) electrons. The summed E-state index contributed by atoms with van der Waals surface area (Å²) in [4.78, 5) is 16.0. The molecule has 0 saturated heterocycles. The van der Waals surface area contributed by atoms with Crippen LogP contribution < -0.4 is 10.2 Å². The average Bonchev–Trinajstić information content (AvgIpc) is 3.26. The van der Waals surface area contributed by atoms with Gasteiger partial charge in [0.2, 0.25) is 0 Å². The van der Waals surface area contributed by atoms with Gasteiger partial charge >= 0.3 is 0 Å². The molecular weight excluding hydrogens is 424 g/mol. The first-order valence-electron chi connectivity index (χ1n) is 11.3. The lowest BCUT2D eigenvalue weighted by molar-refractivity contribution is -0.0859. The van der Waals surface area contributed by atoms with Crippen molar-refractivity contribution in [3.8, 4) is 5.69 Å². The molecule has 5 rings (SSSR count). The summed E-state index contributed by atoms with van der Waals surface area (Å²) in [7, 11) is 1.85. The molecule has 3 heterocycles. The monoisotopic (exact) mass is 453 g/mol. The van der Waals surface area contributed by atoms with Crippen molar-refractivity contribution in [2.75, 3.05) is 23.8 Å². The van der Waals surface area contributed by atoms with Gasteiger partial charge in [-0.25, -0.2) is 28.4 Å². The van der Waals surface area contributed by atoms with Crippen LogP contribution in [-0.4, -0.2) is 50.3 Å². The smallest absolute Gasteiger partial charge is 0.252 e. The molecule has 2 aromatic heterocycles. The van der Waals surface area contributed by atoms with Gasteiger partial charge < -0.3 is 10.2 Å². The SMILES string of the molecule is CNc1nc(Cc2ccc(-n3cnc(C)n3)c(C)c2)nc2c1C(C)(C)CN2C1CC(F)(F)C1. The average molecular weight is 454 g/mol. The summed E-state index contributed by atoms with van der Waals surface area (Å²) in [6.45, 7) is 8.82. The summed E-state index contributed by atoms with van der Waals surface area (Å²) in [5.74, 6) is 0.402. The molecule has 1 aromatic carbocycles. The van der Waals surface area contributed by atoms with Crippen molar-refractivity contribution in [3.63, 3.8) is 0 Å². The number of alkyl halides is 2. The van der Waals surface area contributed by atoms with Crippen molar-refractivity contribution >= 4 is 11.6 Å². The third-order valence-electron chi connectivity index (χ3n) is 6.67. The van der Waals surface area contributed by atoms with Crippen LogP contribution in [0.2, 0.25) is 0 Å². The molecule has 0 amide bonds. The molecule has 9 heteroatoms. The molecule has 1 fully saturated rings. The number of anilines is 2. The standard InChI is InChI=1S/C24H29F2N7/c1-14-8-16(6-7-18(14)33-13-28-15(2)31-33)9-19-29-21(27-5)20-22(30-19)32(12-23(20,3)4)17-10-24(25,26)11-17/h6-8,13,17H,9-12H2,1-5H3,(H,27,29,30). The van der Waals surface area contributed by atoms with Gasteiger partial charge in [-0.3, -0.25) is 0 Å². The first-order valence-corrected chi connectivity index (χ1v) is 11.3. The maximum absolute atomic E-state index is 13.6. The van der Waals surface area contributed by atoms with E-state index >= 15 is 0 Å². The van der Waals surface area contributed by atoms with Crippen LogP contribution in [0, 0.1) is 13.8 Å². The van der Waals surface area contributed by atoms with Gasteiger partial charge in [0.25, 0.3) is 5.92 Å². The third kappa shape index (κ3) is 3.83. The van der Waals surface area contributed by atoms with E-state index in [2.05, 4.69) is 40.2 Å². The van der Waals surface area contributed by atoms with E-state index in [-0.39, 0.29) is 24.3 Å². The van der Waals surface area contributed by atoms with Crippen LogP contribution in [0.1, 0.15) is 55.0 Å².